The van der Waals surface area contributed by atoms with Gasteiger partial charge in [0, 0.05) is 16.7 Å². The summed E-state index contributed by atoms with van der Waals surface area (Å²) in [7, 11) is -7.12. The first kappa shape index (κ1) is 78.0. The number of aliphatic hydroxyl groups excluding tert-OH is 3. The maximum Gasteiger partial charge on any atom is 0.530 e. The normalized spacial score (nSPS) is 13.2. The molecular weight excluding hydrogens is 1090 g/mol. The summed E-state index contributed by atoms with van der Waals surface area (Å²) < 4.78 is 24.3. The molecule has 0 unspecified atom stereocenters. The standard InChI is InChI=1S/C42H63O3P.C25H52O4.H4O5P2/c1-37(2,3)28-19-22-34(31(25-28)40(10,11)12)43-46(44-35-23-20-29(38(4,5)6)26-32(35)41(13,14)15)45-36-24-21-30(39(7,8)9)27-33(36)42(16,17)18;1-22(2)15-11-7-5-9-13-17-25(29,24(19-26,20-27)21-28)18-14-10-6-8-12-16-23(3)4;1-6(2)5-7(3)4/h19-27H,1-18H3;22-23,26-29H,5-21H2,1-4H3;1-4H. The van der Waals surface area contributed by atoms with Crippen molar-refractivity contribution in [3.05, 3.63) is 88.0 Å². The van der Waals surface area contributed by atoms with Gasteiger partial charge >= 0.3 is 25.8 Å². The number of unbranched alkanes of at least 4 members (excludes halogenated alkanes) is 8. The summed E-state index contributed by atoms with van der Waals surface area (Å²) in [4.78, 5) is 31.3. The van der Waals surface area contributed by atoms with E-state index >= 15 is 0 Å². The van der Waals surface area contributed by atoms with Gasteiger partial charge in [0.25, 0.3) is 0 Å². The molecule has 0 heterocycles. The lowest BCUT2D eigenvalue weighted by Crippen LogP contribution is -2.55. The van der Waals surface area contributed by atoms with Crippen LogP contribution in [0.15, 0.2) is 54.6 Å². The van der Waals surface area contributed by atoms with Crippen LogP contribution in [0.1, 0.15) is 276 Å². The average molecular weight is 1210 g/mol. The predicted molar refractivity (Wildman–Crippen MR) is 347 cm³/mol. The van der Waals surface area contributed by atoms with E-state index < -0.39 is 36.8 Å². The molecule has 0 aliphatic rings. The van der Waals surface area contributed by atoms with Crippen LogP contribution in [0.25, 0.3) is 0 Å². The Morgan fingerprint density at radius 1 is 0.378 bits per heavy atom. The van der Waals surface area contributed by atoms with Crippen molar-refractivity contribution in [3.8, 4) is 17.2 Å². The van der Waals surface area contributed by atoms with Crippen molar-refractivity contribution in [2.75, 3.05) is 19.8 Å². The fraction of sp³-hybridized carbons (Fsp3) is 0.731. The van der Waals surface area contributed by atoms with E-state index in [1.807, 2.05) is 0 Å². The molecule has 0 spiro atoms. The van der Waals surface area contributed by atoms with Crippen LogP contribution < -0.4 is 13.6 Å². The Morgan fingerprint density at radius 3 is 0.841 bits per heavy atom. The van der Waals surface area contributed by atoms with Crippen LogP contribution in [0.5, 0.6) is 17.2 Å². The molecule has 0 aliphatic heterocycles. The van der Waals surface area contributed by atoms with Gasteiger partial charge in [-0.3, -0.25) is 0 Å². The highest BCUT2D eigenvalue weighted by Gasteiger charge is 2.48. The summed E-state index contributed by atoms with van der Waals surface area (Å²) in [5, 5.41) is 41.0. The van der Waals surface area contributed by atoms with Crippen LogP contribution >= 0.6 is 25.8 Å². The van der Waals surface area contributed by atoms with E-state index in [0.717, 1.165) is 84.3 Å². The van der Waals surface area contributed by atoms with E-state index in [2.05, 4.69) is 211 Å². The minimum atomic E-state index is -2.61. The Bertz CT molecular complexity index is 2030. The van der Waals surface area contributed by atoms with E-state index in [1.54, 1.807) is 0 Å². The number of rotatable bonds is 28. The van der Waals surface area contributed by atoms with Crippen LogP contribution in [-0.4, -0.2) is 65.4 Å². The van der Waals surface area contributed by atoms with E-state index in [0.29, 0.717) is 12.8 Å². The zero-order chi connectivity index (χ0) is 63.3. The first-order valence-electron chi connectivity index (χ1n) is 30.4. The van der Waals surface area contributed by atoms with Crippen molar-refractivity contribution < 1.29 is 57.9 Å². The quantitative estimate of drug-likeness (QED) is 0.0253. The summed E-state index contributed by atoms with van der Waals surface area (Å²) in [6, 6.07) is 19.7. The Balaban J connectivity index is 0.000000796. The van der Waals surface area contributed by atoms with Crippen molar-refractivity contribution in [2.45, 2.75) is 280 Å². The molecule has 12 nitrogen and oxygen atoms in total. The molecule has 15 heteroatoms. The van der Waals surface area contributed by atoms with Gasteiger partial charge in [0.2, 0.25) is 0 Å². The van der Waals surface area contributed by atoms with Gasteiger partial charge in [-0.15, -0.1) is 0 Å². The summed E-state index contributed by atoms with van der Waals surface area (Å²) in [6.45, 7) is 48.2. The molecule has 3 aromatic carbocycles. The highest BCUT2D eigenvalue weighted by atomic mass is 31.2. The van der Waals surface area contributed by atoms with Crippen LogP contribution in [0.4, 0.5) is 0 Å². The van der Waals surface area contributed by atoms with Crippen molar-refractivity contribution in [2.24, 2.45) is 17.3 Å². The zero-order valence-electron chi connectivity index (χ0n) is 55.4. The van der Waals surface area contributed by atoms with Gasteiger partial charge in [0.15, 0.2) is 0 Å². The van der Waals surface area contributed by atoms with E-state index in [-0.39, 0.29) is 52.3 Å². The lowest BCUT2D eigenvalue weighted by Gasteiger charge is -2.44. The van der Waals surface area contributed by atoms with Crippen molar-refractivity contribution >= 4 is 25.8 Å². The first-order chi connectivity index (χ1) is 37.5. The molecule has 8 N–H and O–H groups in total. The molecule has 0 radical (unpaired) electrons. The van der Waals surface area contributed by atoms with Crippen molar-refractivity contribution in [3.63, 3.8) is 0 Å². The smallest absolute Gasteiger partial charge is 0.408 e. The van der Waals surface area contributed by atoms with Gasteiger partial charge in [-0.2, -0.15) is 0 Å². The molecule has 0 fully saturated rings. The summed E-state index contributed by atoms with van der Waals surface area (Å²) in [6.07, 6.45) is 14.7. The minimum Gasteiger partial charge on any atom is -0.408 e. The number of benzene rings is 3. The van der Waals surface area contributed by atoms with Gasteiger partial charge in [-0.05, 0) is 92.1 Å². The summed E-state index contributed by atoms with van der Waals surface area (Å²) >= 11 is 0. The van der Waals surface area contributed by atoms with Crippen LogP contribution in [0.2, 0.25) is 0 Å². The second-order valence-electron chi connectivity index (χ2n) is 29.9. The van der Waals surface area contributed by atoms with E-state index in [9.17, 15) is 20.4 Å². The molecular formula is C67H119O12P3. The lowest BCUT2D eigenvalue weighted by atomic mass is 9.68. The Labute approximate surface area is 504 Å². The third kappa shape index (κ3) is 27.8. The molecule has 474 valence electrons. The fourth-order valence-corrected chi connectivity index (χ4v) is 11.2. The largest absolute Gasteiger partial charge is 0.530 e. The maximum absolute atomic E-state index is 11.4. The molecule has 0 bridgehead atoms. The van der Waals surface area contributed by atoms with Crippen LogP contribution in [0.3, 0.4) is 0 Å². The van der Waals surface area contributed by atoms with Gasteiger partial charge in [0.05, 0.1) is 30.8 Å². The third-order valence-corrected chi connectivity index (χ3v) is 17.5. The van der Waals surface area contributed by atoms with Crippen molar-refractivity contribution in [1.29, 1.82) is 0 Å². The molecule has 0 atom stereocenters. The Hall–Kier alpha value is -2.01. The van der Waals surface area contributed by atoms with Gasteiger partial charge in [-0.25, -0.2) is 4.31 Å². The molecule has 3 rings (SSSR count). The maximum atomic E-state index is 11.4. The molecule has 0 aliphatic carbocycles. The van der Waals surface area contributed by atoms with Crippen LogP contribution in [0, 0.1) is 17.3 Å². The molecule has 0 aromatic heterocycles. The van der Waals surface area contributed by atoms with Crippen molar-refractivity contribution in [1.82, 2.24) is 0 Å². The second kappa shape index (κ2) is 34.5. The van der Waals surface area contributed by atoms with E-state index in [1.165, 1.54) is 55.2 Å². The zero-order valence-corrected chi connectivity index (χ0v) is 58.1. The highest BCUT2D eigenvalue weighted by Crippen LogP contribution is 2.51. The molecule has 0 saturated heterocycles. The third-order valence-electron chi connectivity index (χ3n) is 15.3. The topological polar surface area (TPSA) is 199 Å². The molecule has 0 saturated carbocycles. The average Bonchev–Trinajstić information content (AvgIpc) is 3.32. The Morgan fingerprint density at radius 2 is 0.634 bits per heavy atom. The fourth-order valence-electron chi connectivity index (χ4n) is 9.60. The highest BCUT2D eigenvalue weighted by molar-refractivity contribution is 7.53. The monoisotopic (exact) mass is 1210 g/mol. The second-order valence-corrected chi connectivity index (χ2v) is 32.6. The predicted octanol–water partition coefficient (Wildman–Crippen LogP) is 18.1. The lowest BCUT2D eigenvalue weighted by molar-refractivity contribution is -0.162. The Kier molecular flexibility index (Phi) is 32.8. The molecule has 3 aromatic rings. The number of aliphatic hydroxyl groups is 4. The van der Waals surface area contributed by atoms with Gasteiger partial charge in [0.1, 0.15) is 17.2 Å². The summed E-state index contributed by atoms with van der Waals surface area (Å²) in [5.41, 5.74) is 4.42. The first-order valence-corrected chi connectivity index (χ1v) is 33.8. The van der Waals surface area contributed by atoms with Crippen LogP contribution in [-0.2, 0) is 36.8 Å². The number of hydrogen-bond donors (Lipinski definition) is 8. The van der Waals surface area contributed by atoms with Gasteiger partial charge < -0.3 is 53.6 Å². The molecule has 0 amide bonds. The summed E-state index contributed by atoms with van der Waals surface area (Å²) in [5.74, 6) is 3.88. The number of hydrogen-bond acceptors (Lipinski definition) is 12. The molecule has 82 heavy (non-hydrogen) atoms. The van der Waals surface area contributed by atoms with E-state index in [4.69, 9.17) is 33.1 Å². The van der Waals surface area contributed by atoms with Gasteiger partial charge in [-0.1, -0.05) is 266 Å². The minimum absolute atomic E-state index is 0.0170. The SMILES string of the molecule is CC(C)(C)c1ccc(OP(Oc2ccc(C(C)(C)C)cc2C(C)(C)C)Oc2ccc(C(C)(C)C)cc2C(C)(C)C)c(C(C)(C)C)c1.CC(C)CCCCCCCC(O)(CCCCCCCC(C)C)C(CO)(CO)CO.OP(O)OP(O)O.